The van der Waals surface area contributed by atoms with E-state index >= 15 is 0 Å². The third-order valence-corrected chi connectivity index (χ3v) is 7.32. The maximum Gasteiger partial charge on any atom is 0.355 e. The van der Waals surface area contributed by atoms with Gasteiger partial charge in [0.15, 0.2) is 5.82 Å². The lowest BCUT2D eigenvalue weighted by molar-refractivity contribution is 0.236. The van der Waals surface area contributed by atoms with Crippen molar-refractivity contribution < 1.29 is 18.4 Å². The summed E-state index contributed by atoms with van der Waals surface area (Å²) < 4.78 is 24.2. The summed E-state index contributed by atoms with van der Waals surface area (Å²) >= 11 is 3.44. The van der Waals surface area contributed by atoms with Crippen LogP contribution in [0.25, 0.3) is 11.1 Å². The highest BCUT2D eigenvalue weighted by atomic mass is 79.9. The fraction of sp³-hybridized carbons (Fsp3) is 0.409. The summed E-state index contributed by atoms with van der Waals surface area (Å²) in [5.74, 6) is 1.64. The van der Waals surface area contributed by atoms with Crippen LogP contribution in [-0.2, 0) is 27.1 Å². The van der Waals surface area contributed by atoms with Gasteiger partial charge >= 0.3 is 8.60 Å². The standard InChI is InChI=1S/C22H28BrN8O4P.ClH/c1-30-13-14(11-26-30)16-10-18(20-15(4-9-34-20)19(16)31-7-5-24-6-8-31)27-22-25-12-17(23)21(28-22)29-35-36(32-2)33-3;/h10-13,24H,4-9H2,1-3H3,(H2,25,27,28,29);1H. The van der Waals surface area contributed by atoms with Gasteiger partial charge in [0.1, 0.15) is 5.75 Å². The summed E-state index contributed by atoms with van der Waals surface area (Å²) in [6.07, 6.45) is 6.40. The van der Waals surface area contributed by atoms with Gasteiger partial charge < -0.3 is 29.3 Å². The molecule has 0 radical (unpaired) electrons. The predicted molar refractivity (Wildman–Crippen MR) is 149 cm³/mol. The number of ether oxygens (including phenoxy) is 1. The Balaban J connectivity index is 0.00000320. The Bertz CT molecular complexity index is 1230. The molecule has 1 saturated heterocycles. The monoisotopic (exact) mass is 614 g/mol. The van der Waals surface area contributed by atoms with Gasteiger partial charge in [0.2, 0.25) is 5.95 Å². The first-order valence-corrected chi connectivity index (χ1v) is 13.3. The Labute approximate surface area is 230 Å². The lowest BCUT2D eigenvalue weighted by atomic mass is 9.97. The van der Waals surface area contributed by atoms with E-state index in [1.807, 2.05) is 24.1 Å². The minimum atomic E-state index is -1.54. The fourth-order valence-electron chi connectivity index (χ4n) is 4.33. The Morgan fingerprint density at radius 2 is 1.97 bits per heavy atom. The zero-order chi connectivity index (χ0) is 25.1. The molecule has 200 valence electrons. The van der Waals surface area contributed by atoms with Gasteiger partial charge in [-0.1, -0.05) is 0 Å². The van der Waals surface area contributed by atoms with Crippen LogP contribution in [0.5, 0.6) is 5.75 Å². The zero-order valence-electron chi connectivity index (χ0n) is 20.7. The lowest BCUT2D eigenvalue weighted by Crippen LogP contribution is -2.44. The summed E-state index contributed by atoms with van der Waals surface area (Å²) in [4.78, 5) is 11.4. The molecule has 0 spiro atoms. The van der Waals surface area contributed by atoms with Gasteiger partial charge in [-0.25, -0.2) is 10.5 Å². The molecule has 37 heavy (non-hydrogen) atoms. The number of fused-ring (bicyclic) bond motifs is 1. The van der Waals surface area contributed by atoms with E-state index in [4.69, 9.17) is 18.4 Å². The fourth-order valence-corrected chi connectivity index (χ4v) is 5.07. The first kappa shape index (κ1) is 27.8. The summed E-state index contributed by atoms with van der Waals surface area (Å²) in [7, 11) is 3.39. The van der Waals surface area contributed by atoms with Gasteiger partial charge in [-0.3, -0.25) is 4.68 Å². The van der Waals surface area contributed by atoms with Crippen LogP contribution in [0.2, 0.25) is 0 Å². The second-order valence-corrected chi connectivity index (χ2v) is 10.4. The van der Waals surface area contributed by atoms with Crippen molar-refractivity contribution in [1.29, 1.82) is 0 Å². The molecule has 1 aromatic carbocycles. The van der Waals surface area contributed by atoms with Gasteiger partial charge in [-0.15, -0.1) is 12.4 Å². The third kappa shape index (κ3) is 6.09. The largest absolute Gasteiger partial charge is 0.491 e. The van der Waals surface area contributed by atoms with E-state index in [0.717, 1.165) is 55.2 Å². The summed E-state index contributed by atoms with van der Waals surface area (Å²) in [6.45, 7) is 4.38. The van der Waals surface area contributed by atoms with Gasteiger partial charge in [-0.2, -0.15) is 14.7 Å². The van der Waals surface area contributed by atoms with Gasteiger partial charge in [0.05, 0.1) is 28.7 Å². The second kappa shape index (κ2) is 12.5. The Hall–Kier alpha value is -2.25. The number of nitrogens with zero attached hydrogens (tertiary/aromatic N) is 5. The summed E-state index contributed by atoms with van der Waals surface area (Å²) in [6, 6.07) is 2.10. The van der Waals surface area contributed by atoms with Gasteiger partial charge in [0, 0.05) is 83.0 Å². The van der Waals surface area contributed by atoms with E-state index < -0.39 is 8.60 Å². The molecule has 2 aliphatic rings. The number of rotatable bonds is 9. The number of aryl methyl sites for hydroxylation is 1. The maximum absolute atomic E-state index is 6.13. The molecule has 3 N–H and O–H groups in total. The number of benzene rings is 1. The minimum Gasteiger partial charge on any atom is -0.491 e. The minimum absolute atomic E-state index is 0. The third-order valence-electron chi connectivity index (χ3n) is 5.90. The molecule has 0 atom stereocenters. The van der Waals surface area contributed by atoms with E-state index in [0.29, 0.717) is 22.8 Å². The van der Waals surface area contributed by atoms with Crippen LogP contribution in [0.1, 0.15) is 5.56 Å². The molecule has 0 amide bonds. The first-order chi connectivity index (χ1) is 17.6. The van der Waals surface area contributed by atoms with Crippen molar-refractivity contribution in [1.82, 2.24) is 25.1 Å². The molecule has 0 saturated carbocycles. The zero-order valence-corrected chi connectivity index (χ0v) is 24.0. The highest BCUT2D eigenvalue weighted by Gasteiger charge is 2.29. The summed E-state index contributed by atoms with van der Waals surface area (Å²) in [5.41, 5.74) is 8.11. The van der Waals surface area contributed by atoms with Crippen LogP contribution < -0.4 is 25.8 Å². The van der Waals surface area contributed by atoms with E-state index in [1.54, 1.807) is 6.20 Å². The van der Waals surface area contributed by atoms with Crippen molar-refractivity contribution in [2.45, 2.75) is 6.42 Å². The number of hydrogen-bond acceptors (Lipinski definition) is 11. The number of hydrogen-bond donors (Lipinski definition) is 3. The average molecular weight is 616 g/mol. The Morgan fingerprint density at radius 1 is 1.19 bits per heavy atom. The molecular formula is C22H29BrClN8O4P. The van der Waals surface area contributed by atoms with Crippen LogP contribution >= 0.6 is 36.9 Å². The first-order valence-electron chi connectivity index (χ1n) is 11.5. The number of piperazine rings is 1. The molecule has 5 rings (SSSR count). The molecule has 15 heteroatoms. The average Bonchev–Trinajstić information content (AvgIpc) is 3.56. The molecule has 2 aliphatic heterocycles. The molecule has 0 aliphatic carbocycles. The molecule has 2 aromatic heterocycles. The molecule has 0 unspecified atom stereocenters. The van der Waals surface area contributed by atoms with Crippen LogP contribution in [0, 0.1) is 0 Å². The molecule has 1 fully saturated rings. The van der Waals surface area contributed by atoms with Crippen molar-refractivity contribution in [3.05, 3.63) is 34.7 Å². The number of aromatic nitrogens is 4. The van der Waals surface area contributed by atoms with Crippen LogP contribution in [0.4, 0.5) is 23.1 Å². The second-order valence-electron chi connectivity index (χ2n) is 8.16. The van der Waals surface area contributed by atoms with Gasteiger partial charge in [0.25, 0.3) is 0 Å². The van der Waals surface area contributed by atoms with Crippen molar-refractivity contribution in [3.63, 3.8) is 0 Å². The van der Waals surface area contributed by atoms with Gasteiger partial charge in [-0.05, 0) is 22.0 Å². The van der Waals surface area contributed by atoms with E-state index in [9.17, 15) is 0 Å². The molecule has 3 aromatic rings. The normalized spacial score (nSPS) is 14.8. The van der Waals surface area contributed by atoms with Crippen LogP contribution in [0.15, 0.2) is 29.1 Å². The molecular weight excluding hydrogens is 587 g/mol. The van der Waals surface area contributed by atoms with Crippen molar-refractivity contribution in [3.8, 4) is 16.9 Å². The number of halogens is 2. The van der Waals surface area contributed by atoms with E-state index in [2.05, 4.69) is 58.1 Å². The van der Waals surface area contributed by atoms with Crippen molar-refractivity contribution >= 4 is 60.1 Å². The van der Waals surface area contributed by atoms with E-state index in [-0.39, 0.29) is 12.4 Å². The number of nitrogens with one attached hydrogen (secondary N) is 3. The topological polar surface area (TPSA) is 120 Å². The summed E-state index contributed by atoms with van der Waals surface area (Å²) in [5, 5.41) is 11.2. The highest BCUT2D eigenvalue weighted by molar-refractivity contribution is 9.10. The number of anilines is 4. The Kier molecular flexibility index (Phi) is 9.41. The van der Waals surface area contributed by atoms with E-state index in [1.165, 1.54) is 25.5 Å². The van der Waals surface area contributed by atoms with Crippen molar-refractivity contribution in [2.24, 2.45) is 7.05 Å². The SMILES string of the molecule is COP(OC)ONc1nc(Nc2cc(-c3cnn(C)c3)c(N3CCNCC3)c3c2OCC3)ncc1Br.Cl. The molecule has 4 heterocycles. The van der Waals surface area contributed by atoms with Crippen molar-refractivity contribution in [2.75, 3.05) is 62.7 Å². The highest BCUT2D eigenvalue weighted by Crippen LogP contribution is 2.47. The smallest absolute Gasteiger partial charge is 0.355 e. The maximum atomic E-state index is 6.13. The molecule has 12 nitrogen and oxygen atoms in total. The van der Waals surface area contributed by atoms with Crippen LogP contribution in [0.3, 0.4) is 0 Å². The Morgan fingerprint density at radius 3 is 2.68 bits per heavy atom. The lowest BCUT2D eigenvalue weighted by Gasteiger charge is -2.33. The molecule has 0 bridgehead atoms. The predicted octanol–water partition coefficient (Wildman–Crippen LogP) is 4.01. The quantitative estimate of drug-likeness (QED) is 0.239. The van der Waals surface area contributed by atoms with Crippen LogP contribution in [-0.4, -0.2) is 66.8 Å².